The number of hydrogen-bond donors (Lipinski definition) is 0. The SMILES string of the molecule is [Pt+2].c1ccc(-n2c3ccc4c5nc(c6[n-]c(c7ccccc76)c6[n-]c(c7ccccc76)c2nc53)n4-c2ccccc2)cc1. The zero-order valence-electron chi connectivity index (χ0n) is 22.5. The minimum atomic E-state index is 0. The van der Waals surface area contributed by atoms with E-state index in [2.05, 4.69) is 118 Å². The van der Waals surface area contributed by atoms with Gasteiger partial charge in [0.05, 0.1) is 11.0 Å². The summed E-state index contributed by atoms with van der Waals surface area (Å²) in [5.74, 6) is 0. The third-order valence-corrected chi connectivity index (χ3v) is 8.45. The van der Waals surface area contributed by atoms with E-state index < -0.39 is 0 Å². The maximum absolute atomic E-state index is 5.35. The van der Waals surface area contributed by atoms with Crippen LogP contribution in [0.5, 0.6) is 0 Å². The molecule has 0 amide bonds. The summed E-state index contributed by atoms with van der Waals surface area (Å²) in [5.41, 5.74) is 10.7. The number of fused-ring (bicyclic) bond motifs is 5. The summed E-state index contributed by atoms with van der Waals surface area (Å²) < 4.78 is 4.43. The van der Waals surface area contributed by atoms with E-state index in [9.17, 15) is 0 Å². The molecule has 0 saturated heterocycles. The van der Waals surface area contributed by atoms with Crippen LogP contribution in [0.15, 0.2) is 121 Å². The van der Waals surface area contributed by atoms with Gasteiger partial charge in [-0.1, -0.05) is 96.0 Å². The van der Waals surface area contributed by atoms with Crippen molar-refractivity contribution >= 4 is 77.0 Å². The van der Waals surface area contributed by atoms with Crippen LogP contribution in [0.1, 0.15) is 0 Å². The van der Waals surface area contributed by atoms with Crippen LogP contribution >= 0.6 is 0 Å². The number of hydrogen-bond acceptors (Lipinski definition) is 2. The summed E-state index contributed by atoms with van der Waals surface area (Å²) in [6.45, 7) is 0. The predicted octanol–water partition coefficient (Wildman–Crippen LogP) is 8.04. The number of benzene rings is 5. The Balaban J connectivity index is 0.00000260. The van der Waals surface area contributed by atoms with Crippen molar-refractivity contribution in [3.63, 3.8) is 0 Å². The molecule has 0 fully saturated rings. The first-order chi connectivity index (χ1) is 20.8. The molecular weight excluding hydrogens is 712 g/mol. The first-order valence-corrected chi connectivity index (χ1v) is 14.0. The van der Waals surface area contributed by atoms with E-state index in [0.717, 1.165) is 88.3 Å². The van der Waals surface area contributed by atoms with Gasteiger partial charge in [-0.15, -0.1) is 11.0 Å². The molecule has 0 atom stereocenters. The summed E-state index contributed by atoms with van der Waals surface area (Å²) in [7, 11) is 0. The molecule has 5 heterocycles. The van der Waals surface area contributed by atoms with Gasteiger partial charge in [0.2, 0.25) is 0 Å². The maximum Gasteiger partial charge on any atom is 2.00 e. The molecule has 5 aromatic carbocycles. The normalized spacial score (nSPS) is 12.0. The predicted molar refractivity (Wildman–Crippen MR) is 170 cm³/mol. The van der Waals surface area contributed by atoms with Crippen molar-refractivity contribution in [2.24, 2.45) is 0 Å². The quantitative estimate of drug-likeness (QED) is 0.181. The average Bonchev–Trinajstić information content (AvgIpc) is 3.81. The van der Waals surface area contributed by atoms with Gasteiger partial charge < -0.3 is 9.97 Å². The molecule has 0 unspecified atom stereocenters. The molecule has 0 aliphatic carbocycles. The molecule has 204 valence electrons. The van der Waals surface area contributed by atoms with Gasteiger partial charge in [0, 0.05) is 11.4 Å². The van der Waals surface area contributed by atoms with Gasteiger partial charge in [-0.05, 0) is 57.9 Å². The molecule has 10 aromatic rings. The van der Waals surface area contributed by atoms with E-state index >= 15 is 0 Å². The zero-order valence-corrected chi connectivity index (χ0v) is 24.8. The summed E-state index contributed by atoms with van der Waals surface area (Å²) in [6, 6.07) is 41.9. The third-order valence-electron chi connectivity index (χ3n) is 8.45. The van der Waals surface area contributed by atoms with Gasteiger partial charge in [0.1, 0.15) is 22.3 Å². The minimum Gasteiger partial charge on any atom is -0.655 e. The second-order valence-electron chi connectivity index (χ2n) is 10.7. The molecule has 0 aliphatic heterocycles. The van der Waals surface area contributed by atoms with Crippen LogP contribution in [0, 0.1) is 0 Å². The summed E-state index contributed by atoms with van der Waals surface area (Å²) in [5, 5.41) is 4.23. The molecule has 43 heavy (non-hydrogen) atoms. The minimum absolute atomic E-state index is 0. The van der Waals surface area contributed by atoms with Crippen molar-refractivity contribution < 1.29 is 21.1 Å². The first kappa shape index (κ1) is 24.4. The Morgan fingerprint density at radius 1 is 0.395 bits per heavy atom. The number of para-hydroxylation sites is 2. The molecule has 10 rings (SSSR count). The van der Waals surface area contributed by atoms with Gasteiger partial charge in [-0.25, -0.2) is 9.97 Å². The summed E-state index contributed by atoms with van der Waals surface area (Å²) >= 11 is 0. The van der Waals surface area contributed by atoms with E-state index in [4.69, 9.17) is 19.9 Å². The molecule has 0 N–H and O–H groups in total. The fourth-order valence-electron chi connectivity index (χ4n) is 6.63. The Hall–Kier alpha value is -5.19. The standard InChI is InChI=1S/C36H20N6.Pt/c1-3-11-21(12-4-1)41-27-19-20-28-34-33(27)39-35(41)31-25-17-9-7-15-23(25)29(37-31)30-24-16-8-10-18-26(24)32(38-30)36(40-34)42(28)22-13-5-2-6-14-22;/h1-20H;/q-2;+2. The second kappa shape index (κ2) is 8.90. The van der Waals surface area contributed by atoms with E-state index in [0.29, 0.717) is 0 Å². The fourth-order valence-corrected chi connectivity index (χ4v) is 6.63. The van der Waals surface area contributed by atoms with Crippen LogP contribution in [0.4, 0.5) is 0 Å². The Morgan fingerprint density at radius 2 is 0.744 bits per heavy atom. The Morgan fingerprint density at radius 3 is 1.14 bits per heavy atom. The number of aromatic nitrogens is 6. The Labute approximate surface area is 258 Å². The zero-order chi connectivity index (χ0) is 27.4. The van der Waals surface area contributed by atoms with E-state index in [1.165, 1.54) is 0 Å². The smallest absolute Gasteiger partial charge is 0.655 e. The van der Waals surface area contributed by atoms with Crippen LogP contribution in [0.2, 0.25) is 0 Å². The summed E-state index contributed by atoms with van der Waals surface area (Å²) in [4.78, 5) is 21.4. The van der Waals surface area contributed by atoms with Gasteiger partial charge in [0.15, 0.2) is 0 Å². The average molecular weight is 732 g/mol. The largest absolute Gasteiger partial charge is 2.00 e. The first-order valence-electron chi connectivity index (χ1n) is 14.0. The molecule has 6 nitrogen and oxygen atoms in total. The van der Waals surface area contributed by atoms with Crippen molar-refractivity contribution in [2.75, 3.05) is 0 Å². The Kier molecular flexibility index (Phi) is 5.05. The van der Waals surface area contributed by atoms with Gasteiger partial charge in [0.25, 0.3) is 0 Å². The van der Waals surface area contributed by atoms with Crippen LogP contribution in [0.3, 0.4) is 0 Å². The molecule has 10 bridgehead atoms. The Bertz CT molecular complexity index is 2490. The van der Waals surface area contributed by atoms with Crippen molar-refractivity contribution in [1.29, 1.82) is 0 Å². The van der Waals surface area contributed by atoms with Crippen molar-refractivity contribution in [1.82, 2.24) is 29.1 Å². The topological polar surface area (TPSA) is 63.8 Å². The third kappa shape index (κ3) is 3.21. The van der Waals surface area contributed by atoms with Gasteiger partial charge >= 0.3 is 21.1 Å². The monoisotopic (exact) mass is 731 g/mol. The number of nitrogens with zero attached hydrogens (tertiary/aromatic N) is 6. The number of rotatable bonds is 2. The molecule has 0 aliphatic rings. The van der Waals surface area contributed by atoms with Gasteiger partial charge in [-0.3, -0.25) is 9.13 Å². The fraction of sp³-hybridized carbons (Fsp3) is 0. The molecule has 5 aromatic heterocycles. The molecule has 0 spiro atoms. The van der Waals surface area contributed by atoms with E-state index in [1.807, 2.05) is 12.1 Å². The van der Waals surface area contributed by atoms with Gasteiger partial charge in [-0.2, -0.15) is 0 Å². The van der Waals surface area contributed by atoms with Crippen LogP contribution in [0.25, 0.3) is 88.3 Å². The number of imidazole rings is 2. The van der Waals surface area contributed by atoms with Crippen LogP contribution in [-0.2, 0) is 21.1 Å². The van der Waals surface area contributed by atoms with Crippen LogP contribution in [-0.4, -0.2) is 19.1 Å². The van der Waals surface area contributed by atoms with Crippen LogP contribution < -0.4 is 9.97 Å². The molecule has 0 saturated carbocycles. The van der Waals surface area contributed by atoms with E-state index in [-0.39, 0.29) is 21.1 Å². The second-order valence-corrected chi connectivity index (χ2v) is 10.7. The van der Waals surface area contributed by atoms with Crippen molar-refractivity contribution in [3.8, 4) is 11.4 Å². The maximum atomic E-state index is 5.35. The van der Waals surface area contributed by atoms with Crippen molar-refractivity contribution in [2.45, 2.75) is 0 Å². The molecular formula is C36H20N6Pt. The molecule has 7 heteroatoms. The molecule has 0 radical (unpaired) electrons. The van der Waals surface area contributed by atoms with Crippen molar-refractivity contribution in [3.05, 3.63) is 121 Å². The summed E-state index contributed by atoms with van der Waals surface area (Å²) in [6.07, 6.45) is 0. The van der Waals surface area contributed by atoms with E-state index in [1.54, 1.807) is 0 Å².